The van der Waals surface area contributed by atoms with Gasteiger partial charge in [-0.2, -0.15) is 8.75 Å². The molecule has 6 nitrogen and oxygen atoms in total. The number of hydrogen-bond acceptors (Lipinski definition) is 7. The molecule has 2 heterocycles. The van der Waals surface area contributed by atoms with Crippen LogP contribution in [0.15, 0.2) is 17.5 Å². The second kappa shape index (κ2) is 6.02. The van der Waals surface area contributed by atoms with Crippen LogP contribution in [0.25, 0.3) is 11.0 Å². The highest BCUT2D eigenvalue weighted by Gasteiger charge is 2.16. The van der Waals surface area contributed by atoms with Gasteiger partial charge in [0.15, 0.2) is 0 Å². The van der Waals surface area contributed by atoms with E-state index in [9.17, 15) is 4.79 Å². The van der Waals surface area contributed by atoms with Crippen LogP contribution in [0.4, 0.5) is 5.69 Å². The fourth-order valence-electron chi connectivity index (χ4n) is 1.78. The summed E-state index contributed by atoms with van der Waals surface area (Å²) in [5.41, 5.74) is 7.56. The second-order valence-corrected chi connectivity index (χ2v) is 6.05. The number of amides is 1. The highest BCUT2D eigenvalue weighted by molar-refractivity contribution is 7.09. The summed E-state index contributed by atoms with van der Waals surface area (Å²) in [5.74, 6) is -0.322. The minimum atomic E-state index is -0.322. The number of thiazole rings is 1. The summed E-state index contributed by atoms with van der Waals surface area (Å²) in [6.07, 6.45) is 0.657. The Labute approximate surface area is 133 Å². The summed E-state index contributed by atoms with van der Waals surface area (Å²) in [6.45, 7) is 0.504. The Morgan fingerprint density at radius 1 is 1.38 bits per heavy atom. The van der Waals surface area contributed by atoms with Gasteiger partial charge in [0.1, 0.15) is 16.7 Å². The van der Waals surface area contributed by atoms with Gasteiger partial charge in [-0.15, -0.1) is 11.3 Å². The lowest BCUT2D eigenvalue weighted by Crippen LogP contribution is -2.13. The molecule has 1 amide bonds. The molecule has 9 heteroatoms. The molecule has 2 aromatic heterocycles. The Bertz CT molecular complexity index is 800. The molecule has 0 fully saturated rings. The minimum absolute atomic E-state index is 0.322. The van der Waals surface area contributed by atoms with E-state index >= 15 is 0 Å². The van der Waals surface area contributed by atoms with Crippen LogP contribution in [0.3, 0.4) is 0 Å². The molecule has 0 bridgehead atoms. The maximum absolute atomic E-state index is 12.2. The molecule has 21 heavy (non-hydrogen) atoms. The Kier molecular flexibility index (Phi) is 4.11. The van der Waals surface area contributed by atoms with E-state index in [1.807, 2.05) is 0 Å². The van der Waals surface area contributed by atoms with Gasteiger partial charge in [0.2, 0.25) is 0 Å². The number of carbonyl (C=O) groups excluding carboxylic acids is 1. The van der Waals surface area contributed by atoms with Gasteiger partial charge in [0, 0.05) is 11.8 Å². The molecule has 0 aliphatic heterocycles. The maximum atomic E-state index is 12.2. The van der Waals surface area contributed by atoms with E-state index in [1.165, 1.54) is 11.3 Å². The first-order valence-corrected chi connectivity index (χ1v) is 8.04. The van der Waals surface area contributed by atoms with Gasteiger partial charge in [0.25, 0.3) is 5.91 Å². The van der Waals surface area contributed by atoms with Gasteiger partial charge in [-0.25, -0.2) is 4.98 Å². The van der Waals surface area contributed by atoms with Gasteiger partial charge in [-0.3, -0.25) is 4.79 Å². The van der Waals surface area contributed by atoms with E-state index in [-0.39, 0.29) is 5.91 Å². The average Bonchev–Trinajstić information content (AvgIpc) is 3.11. The maximum Gasteiger partial charge on any atom is 0.275 e. The fourth-order valence-corrected chi connectivity index (χ4v) is 3.31. The molecule has 0 unspecified atom stereocenters. The number of nitrogens with zero attached hydrogens (tertiary/aromatic N) is 3. The number of nitrogens with one attached hydrogen (secondary N) is 1. The SMILES string of the molecule is NCCc1nc(C(=O)Nc2c(Cl)ccc3nsnc23)cs1. The summed E-state index contributed by atoms with van der Waals surface area (Å²) in [5, 5.41) is 5.71. The number of fused-ring (bicyclic) bond motifs is 1. The van der Waals surface area contributed by atoms with Gasteiger partial charge in [0.05, 0.1) is 27.4 Å². The Morgan fingerprint density at radius 3 is 3.05 bits per heavy atom. The van der Waals surface area contributed by atoms with Crippen molar-refractivity contribution in [1.29, 1.82) is 0 Å². The zero-order valence-corrected chi connectivity index (χ0v) is 13.1. The third-order valence-electron chi connectivity index (χ3n) is 2.76. The first kappa shape index (κ1) is 14.3. The van der Waals surface area contributed by atoms with Gasteiger partial charge in [-0.05, 0) is 18.7 Å². The number of benzene rings is 1. The summed E-state index contributed by atoms with van der Waals surface area (Å²) in [7, 11) is 0. The van der Waals surface area contributed by atoms with Crippen molar-refractivity contribution in [2.45, 2.75) is 6.42 Å². The monoisotopic (exact) mass is 339 g/mol. The third-order valence-corrected chi connectivity index (χ3v) is 4.52. The number of aromatic nitrogens is 3. The van der Waals surface area contributed by atoms with Crippen molar-refractivity contribution < 1.29 is 4.79 Å². The van der Waals surface area contributed by atoms with Crippen LogP contribution in [0.2, 0.25) is 5.02 Å². The average molecular weight is 340 g/mol. The summed E-state index contributed by atoms with van der Waals surface area (Å²) in [6, 6.07) is 3.45. The normalized spacial score (nSPS) is 11.0. The van der Waals surface area contributed by atoms with Gasteiger partial charge < -0.3 is 11.1 Å². The molecular formula is C12H10ClN5OS2. The molecule has 0 atom stereocenters. The lowest BCUT2D eigenvalue weighted by atomic mass is 10.2. The molecule has 3 aromatic rings. The number of rotatable bonds is 4. The molecule has 0 spiro atoms. The number of anilines is 1. The number of hydrogen-bond donors (Lipinski definition) is 2. The van der Waals surface area contributed by atoms with Crippen LogP contribution in [0.5, 0.6) is 0 Å². The molecule has 0 saturated heterocycles. The van der Waals surface area contributed by atoms with Crippen LogP contribution in [0, 0.1) is 0 Å². The van der Waals surface area contributed by atoms with E-state index in [4.69, 9.17) is 17.3 Å². The van der Waals surface area contributed by atoms with E-state index in [0.717, 1.165) is 16.7 Å². The number of carbonyl (C=O) groups is 1. The fraction of sp³-hybridized carbons (Fsp3) is 0.167. The van der Waals surface area contributed by atoms with Crippen LogP contribution in [0.1, 0.15) is 15.5 Å². The zero-order chi connectivity index (χ0) is 14.8. The van der Waals surface area contributed by atoms with Crippen LogP contribution < -0.4 is 11.1 Å². The summed E-state index contributed by atoms with van der Waals surface area (Å²) < 4.78 is 8.28. The van der Waals surface area contributed by atoms with Crippen molar-refractivity contribution in [3.63, 3.8) is 0 Å². The van der Waals surface area contributed by atoms with Gasteiger partial charge >= 0.3 is 0 Å². The molecule has 0 aliphatic rings. The third kappa shape index (κ3) is 2.88. The van der Waals surface area contributed by atoms with Crippen molar-refractivity contribution in [3.05, 3.63) is 33.2 Å². The first-order chi connectivity index (χ1) is 10.2. The molecular weight excluding hydrogens is 330 g/mol. The Hall–Kier alpha value is -1.61. The van der Waals surface area contributed by atoms with Crippen LogP contribution in [-0.4, -0.2) is 26.2 Å². The van der Waals surface area contributed by atoms with E-state index in [0.29, 0.717) is 40.4 Å². The topological polar surface area (TPSA) is 93.8 Å². The largest absolute Gasteiger partial charge is 0.330 e. The molecule has 3 rings (SSSR count). The van der Waals surface area contributed by atoms with E-state index in [2.05, 4.69) is 19.0 Å². The highest BCUT2D eigenvalue weighted by atomic mass is 35.5. The molecule has 0 aliphatic carbocycles. The predicted octanol–water partition coefficient (Wildman–Crippen LogP) is 2.55. The zero-order valence-electron chi connectivity index (χ0n) is 10.7. The smallest absolute Gasteiger partial charge is 0.275 e. The Balaban J connectivity index is 1.88. The predicted molar refractivity (Wildman–Crippen MR) is 85.3 cm³/mol. The first-order valence-electron chi connectivity index (χ1n) is 6.05. The molecule has 3 N–H and O–H groups in total. The van der Waals surface area contributed by atoms with Crippen molar-refractivity contribution >= 4 is 57.3 Å². The van der Waals surface area contributed by atoms with Crippen molar-refractivity contribution in [2.24, 2.45) is 5.73 Å². The summed E-state index contributed by atoms with van der Waals surface area (Å²) >= 11 is 8.62. The molecule has 1 aromatic carbocycles. The van der Waals surface area contributed by atoms with Crippen LogP contribution in [-0.2, 0) is 6.42 Å². The van der Waals surface area contributed by atoms with Gasteiger partial charge in [-0.1, -0.05) is 11.6 Å². The number of halogens is 1. The number of nitrogens with two attached hydrogens (primary N) is 1. The van der Waals surface area contributed by atoms with E-state index < -0.39 is 0 Å². The molecule has 0 radical (unpaired) electrons. The van der Waals surface area contributed by atoms with Crippen LogP contribution >= 0.6 is 34.7 Å². The quantitative estimate of drug-likeness (QED) is 0.761. The van der Waals surface area contributed by atoms with Crippen molar-refractivity contribution in [2.75, 3.05) is 11.9 Å². The second-order valence-electron chi connectivity index (χ2n) is 4.17. The summed E-state index contributed by atoms with van der Waals surface area (Å²) in [4.78, 5) is 16.5. The highest BCUT2D eigenvalue weighted by Crippen LogP contribution is 2.30. The standard InChI is InChI=1S/C12H10ClN5OS2/c13-6-1-2-7-11(18-21-17-7)10(6)16-12(19)8-5-20-9(15-8)3-4-14/h1-2,5H,3-4,14H2,(H,16,19). The van der Waals surface area contributed by atoms with Crippen molar-refractivity contribution in [1.82, 2.24) is 13.7 Å². The Morgan fingerprint density at radius 2 is 2.24 bits per heavy atom. The molecule has 0 saturated carbocycles. The van der Waals surface area contributed by atoms with Crippen molar-refractivity contribution in [3.8, 4) is 0 Å². The lowest BCUT2D eigenvalue weighted by molar-refractivity contribution is 0.102. The lowest BCUT2D eigenvalue weighted by Gasteiger charge is -2.05. The minimum Gasteiger partial charge on any atom is -0.330 e. The molecule has 108 valence electrons. The van der Waals surface area contributed by atoms with E-state index in [1.54, 1.807) is 17.5 Å².